The van der Waals surface area contributed by atoms with Crippen LogP contribution in [0.2, 0.25) is 0 Å². The van der Waals surface area contributed by atoms with Crippen LogP contribution in [-0.4, -0.2) is 51.2 Å². The third-order valence-electron chi connectivity index (χ3n) is 4.10. The SMILES string of the molecule is Cl.Cl.Cn1cc(C2CCCN2C(=O)CC2CSCCN2)cn1. The smallest absolute Gasteiger partial charge is 0.224 e. The van der Waals surface area contributed by atoms with Crippen LogP contribution in [0, 0.1) is 0 Å². The van der Waals surface area contributed by atoms with E-state index in [1.54, 1.807) is 0 Å². The average molecular weight is 367 g/mol. The molecule has 5 nitrogen and oxygen atoms in total. The third kappa shape index (κ3) is 4.54. The summed E-state index contributed by atoms with van der Waals surface area (Å²) in [5, 5.41) is 7.68. The van der Waals surface area contributed by atoms with Crippen LogP contribution in [0.5, 0.6) is 0 Å². The van der Waals surface area contributed by atoms with Gasteiger partial charge in [0.2, 0.25) is 5.91 Å². The second-order valence-electron chi connectivity index (χ2n) is 5.62. The van der Waals surface area contributed by atoms with Crippen LogP contribution in [0.3, 0.4) is 0 Å². The second-order valence-corrected chi connectivity index (χ2v) is 6.77. The maximum Gasteiger partial charge on any atom is 0.224 e. The molecule has 2 fully saturated rings. The van der Waals surface area contributed by atoms with Gasteiger partial charge < -0.3 is 10.2 Å². The van der Waals surface area contributed by atoms with Crippen LogP contribution in [0.4, 0.5) is 0 Å². The minimum absolute atomic E-state index is 0. The normalized spacial score (nSPS) is 24.5. The second kappa shape index (κ2) is 9.01. The molecule has 1 N–H and O–H groups in total. The summed E-state index contributed by atoms with van der Waals surface area (Å²) in [4.78, 5) is 14.6. The first kappa shape index (κ1) is 19.6. The molecule has 2 saturated heterocycles. The molecule has 22 heavy (non-hydrogen) atoms. The number of amides is 1. The van der Waals surface area contributed by atoms with Gasteiger partial charge in [0, 0.05) is 55.9 Å². The van der Waals surface area contributed by atoms with Gasteiger partial charge in [0.15, 0.2) is 0 Å². The summed E-state index contributed by atoms with van der Waals surface area (Å²) in [6, 6.07) is 0.573. The number of aromatic nitrogens is 2. The molecule has 1 aromatic heterocycles. The number of nitrogens with one attached hydrogen (secondary N) is 1. The summed E-state index contributed by atoms with van der Waals surface area (Å²) < 4.78 is 1.82. The molecule has 126 valence electrons. The molecule has 0 spiro atoms. The van der Waals surface area contributed by atoms with Gasteiger partial charge in [-0.3, -0.25) is 9.48 Å². The zero-order valence-electron chi connectivity index (χ0n) is 12.7. The zero-order chi connectivity index (χ0) is 13.9. The quantitative estimate of drug-likeness (QED) is 0.888. The molecule has 0 aromatic carbocycles. The van der Waals surface area contributed by atoms with Gasteiger partial charge in [-0.15, -0.1) is 24.8 Å². The Morgan fingerprint density at radius 3 is 2.95 bits per heavy atom. The third-order valence-corrected chi connectivity index (χ3v) is 5.23. The van der Waals surface area contributed by atoms with Crippen LogP contribution in [0.1, 0.15) is 30.9 Å². The lowest BCUT2D eigenvalue weighted by Gasteiger charge is -2.28. The Bertz CT molecular complexity index is 479. The molecule has 3 heterocycles. The average Bonchev–Trinajstić information content (AvgIpc) is 3.08. The number of hydrogen-bond acceptors (Lipinski definition) is 4. The van der Waals surface area contributed by atoms with Gasteiger partial charge >= 0.3 is 0 Å². The Morgan fingerprint density at radius 2 is 2.32 bits per heavy atom. The Hall–Kier alpha value is -0.430. The van der Waals surface area contributed by atoms with Crippen molar-refractivity contribution in [1.29, 1.82) is 0 Å². The van der Waals surface area contributed by atoms with E-state index in [1.807, 2.05) is 35.9 Å². The van der Waals surface area contributed by atoms with E-state index in [2.05, 4.69) is 15.3 Å². The van der Waals surface area contributed by atoms with Crippen molar-refractivity contribution >= 4 is 42.5 Å². The summed E-state index contributed by atoms with van der Waals surface area (Å²) in [7, 11) is 1.92. The van der Waals surface area contributed by atoms with Crippen LogP contribution in [0.25, 0.3) is 0 Å². The van der Waals surface area contributed by atoms with Crippen molar-refractivity contribution in [2.45, 2.75) is 31.3 Å². The van der Waals surface area contributed by atoms with Crippen LogP contribution in [0.15, 0.2) is 12.4 Å². The van der Waals surface area contributed by atoms with Crippen molar-refractivity contribution in [3.63, 3.8) is 0 Å². The van der Waals surface area contributed by atoms with Crippen LogP contribution < -0.4 is 5.32 Å². The highest BCUT2D eigenvalue weighted by atomic mass is 35.5. The number of likely N-dealkylation sites (tertiary alicyclic amines) is 1. The number of carbonyl (C=O) groups is 1. The van der Waals surface area contributed by atoms with Crippen molar-refractivity contribution in [2.24, 2.45) is 7.05 Å². The molecule has 2 unspecified atom stereocenters. The fraction of sp³-hybridized carbons (Fsp3) is 0.714. The molecule has 1 amide bonds. The van der Waals surface area contributed by atoms with E-state index in [0.29, 0.717) is 12.5 Å². The largest absolute Gasteiger partial charge is 0.335 e. The minimum atomic E-state index is 0. The van der Waals surface area contributed by atoms with E-state index in [9.17, 15) is 4.79 Å². The van der Waals surface area contributed by atoms with E-state index >= 15 is 0 Å². The van der Waals surface area contributed by atoms with E-state index in [1.165, 1.54) is 5.56 Å². The number of nitrogens with zero attached hydrogens (tertiary/aromatic N) is 3. The number of thioether (sulfide) groups is 1. The number of carbonyl (C=O) groups excluding carboxylic acids is 1. The van der Waals surface area contributed by atoms with E-state index in [-0.39, 0.29) is 36.8 Å². The fourth-order valence-corrected chi connectivity index (χ4v) is 4.05. The topological polar surface area (TPSA) is 50.2 Å². The number of halogens is 2. The van der Waals surface area contributed by atoms with E-state index in [0.717, 1.165) is 37.4 Å². The summed E-state index contributed by atoms with van der Waals surface area (Å²) in [5.74, 6) is 2.50. The maximum absolute atomic E-state index is 12.6. The Balaban J connectivity index is 0.00000121. The molecule has 0 bridgehead atoms. The Labute approximate surface area is 148 Å². The van der Waals surface area contributed by atoms with Crippen molar-refractivity contribution in [3.8, 4) is 0 Å². The van der Waals surface area contributed by atoms with Crippen molar-refractivity contribution in [1.82, 2.24) is 20.0 Å². The highest BCUT2D eigenvalue weighted by Gasteiger charge is 2.31. The lowest BCUT2D eigenvalue weighted by Crippen LogP contribution is -2.42. The Morgan fingerprint density at radius 1 is 1.50 bits per heavy atom. The van der Waals surface area contributed by atoms with E-state index < -0.39 is 0 Å². The molecular formula is C14H24Cl2N4OS. The van der Waals surface area contributed by atoms with Gasteiger partial charge in [-0.05, 0) is 12.8 Å². The first-order chi connectivity index (χ1) is 9.74. The predicted molar refractivity (Wildman–Crippen MR) is 95.1 cm³/mol. The van der Waals surface area contributed by atoms with Gasteiger partial charge in [-0.1, -0.05) is 0 Å². The van der Waals surface area contributed by atoms with Crippen molar-refractivity contribution in [3.05, 3.63) is 18.0 Å². The number of hydrogen-bond donors (Lipinski definition) is 1. The highest BCUT2D eigenvalue weighted by Crippen LogP contribution is 2.32. The van der Waals surface area contributed by atoms with E-state index in [4.69, 9.17) is 0 Å². The summed E-state index contributed by atoms with van der Waals surface area (Å²) in [5.41, 5.74) is 1.17. The number of aryl methyl sites for hydroxylation is 1. The first-order valence-electron chi connectivity index (χ1n) is 7.33. The molecule has 2 aliphatic rings. The highest BCUT2D eigenvalue weighted by molar-refractivity contribution is 7.99. The predicted octanol–water partition coefficient (Wildman–Crippen LogP) is 2.02. The van der Waals surface area contributed by atoms with Crippen molar-refractivity contribution in [2.75, 3.05) is 24.6 Å². The molecule has 0 radical (unpaired) electrons. The van der Waals surface area contributed by atoms with Gasteiger partial charge in [0.1, 0.15) is 0 Å². The summed E-state index contributed by atoms with van der Waals surface area (Å²) >= 11 is 1.94. The maximum atomic E-state index is 12.6. The summed E-state index contributed by atoms with van der Waals surface area (Å²) in [6.07, 6.45) is 6.71. The minimum Gasteiger partial charge on any atom is -0.335 e. The Kier molecular flexibility index (Phi) is 8.03. The molecule has 2 atom stereocenters. The molecule has 0 saturated carbocycles. The lowest BCUT2D eigenvalue weighted by atomic mass is 10.1. The standard InChI is InChI=1S/C14H22N4OS.2ClH/c1-17-9-11(8-16-17)13-3-2-5-18(13)14(19)7-12-10-20-6-4-15-12;;/h8-9,12-13,15H,2-7,10H2,1H3;2*1H. The monoisotopic (exact) mass is 366 g/mol. The van der Waals surface area contributed by atoms with Gasteiger partial charge in [0.05, 0.1) is 12.2 Å². The fourth-order valence-electron chi connectivity index (χ4n) is 3.10. The number of rotatable bonds is 3. The lowest BCUT2D eigenvalue weighted by molar-refractivity contribution is -0.132. The molecular weight excluding hydrogens is 343 g/mol. The molecule has 1 aromatic rings. The van der Waals surface area contributed by atoms with Gasteiger partial charge in [0.25, 0.3) is 0 Å². The van der Waals surface area contributed by atoms with Gasteiger partial charge in [-0.2, -0.15) is 16.9 Å². The summed E-state index contributed by atoms with van der Waals surface area (Å²) in [6.45, 7) is 1.91. The molecule has 0 aliphatic carbocycles. The molecule has 3 rings (SSSR count). The van der Waals surface area contributed by atoms with Crippen LogP contribution in [-0.2, 0) is 11.8 Å². The first-order valence-corrected chi connectivity index (χ1v) is 8.48. The van der Waals surface area contributed by atoms with Gasteiger partial charge in [-0.25, -0.2) is 0 Å². The van der Waals surface area contributed by atoms with Crippen molar-refractivity contribution < 1.29 is 4.79 Å². The molecule has 2 aliphatic heterocycles. The van der Waals surface area contributed by atoms with Crippen LogP contribution >= 0.6 is 36.6 Å². The molecule has 8 heteroatoms. The zero-order valence-corrected chi connectivity index (χ0v) is 15.2.